The van der Waals surface area contributed by atoms with Gasteiger partial charge in [-0.1, -0.05) is 0 Å². The van der Waals surface area contributed by atoms with Crippen LogP contribution in [0, 0.1) is 5.92 Å². The summed E-state index contributed by atoms with van der Waals surface area (Å²) in [5.74, 6) is -0.182. The van der Waals surface area contributed by atoms with Crippen molar-refractivity contribution in [3.8, 4) is 0 Å². The number of rotatable bonds is 2. The van der Waals surface area contributed by atoms with Gasteiger partial charge in [0.05, 0.1) is 25.4 Å². The zero-order valence-corrected chi connectivity index (χ0v) is 8.76. The number of piperidine rings is 1. The highest BCUT2D eigenvalue weighted by Crippen LogP contribution is 2.22. The minimum atomic E-state index is -0.380. The maximum Gasteiger partial charge on any atom is 0.220 e. The highest BCUT2D eigenvalue weighted by molar-refractivity contribution is 5.76. The Morgan fingerprint density at radius 2 is 2.00 bits per heavy atom. The monoisotopic (exact) mass is 214 g/mol. The summed E-state index contributed by atoms with van der Waals surface area (Å²) in [6.45, 7) is 2.69. The van der Waals surface area contributed by atoms with Crippen LogP contribution in [0.4, 0.5) is 0 Å². The lowest BCUT2D eigenvalue weighted by atomic mass is 9.95. The molecule has 2 saturated heterocycles. The van der Waals surface area contributed by atoms with E-state index in [4.69, 9.17) is 10.5 Å². The van der Waals surface area contributed by atoms with E-state index < -0.39 is 0 Å². The van der Waals surface area contributed by atoms with Crippen molar-refractivity contribution in [2.75, 3.05) is 26.3 Å². The number of carbonyl (C=O) groups excluding carboxylic acids is 1. The topological polar surface area (TPSA) is 75.8 Å². The van der Waals surface area contributed by atoms with Gasteiger partial charge in [-0.15, -0.1) is 0 Å². The average Bonchev–Trinajstić information content (AvgIpc) is 2.65. The van der Waals surface area contributed by atoms with E-state index in [2.05, 4.69) is 4.90 Å². The van der Waals surface area contributed by atoms with Crippen LogP contribution in [0.25, 0.3) is 0 Å². The molecule has 2 fully saturated rings. The molecule has 2 aliphatic rings. The number of ether oxygens (including phenoxy) is 1. The van der Waals surface area contributed by atoms with Crippen molar-refractivity contribution in [3.05, 3.63) is 0 Å². The van der Waals surface area contributed by atoms with Crippen molar-refractivity contribution in [2.45, 2.75) is 25.0 Å². The second kappa shape index (κ2) is 4.47. The van der Waals surface area contributed by atoms with Gasteiger partial charge in [0.25, 0.3) is 0 Å². The molecule has 0 bridgehead atoms. The van der Waals surface area contributed by atoms with Crippen LogP contribution in [0.3, 0.4) is 0 Å². The van der Waals surface area contributed by atoms with Gasteiger partial charge < -0.3 is 15.6 Å². The van der Waals surface area contributed by atoms with Gasteiger partial charge in [0.15, 0.2) is 0 Å². The van der Waals surface area contributed by atoms with Crippen molar-refractivity contribution in [3.63, 3.8) is 0 Å². The lowest BCUT2D eigenvalue weighted by Crippen LogP contribution is -2.48. The summed E-state index contributed by atoms with van der Waals surface area (Å²) in [5, 5.41) is 9.66. The zero-order chi connectivity index (χ0) is 10.8. The van der Waals surface area contributed by atoms with Crippen molar-refractivity contribution in [1.82, 2.24) is 4.90 Å². The van der Waals surface area contributed by atoms with Gasteiger partial charge in [-0.3, -0.25) is 9.69 Å². The number of aliphatic hydroxyl groups is 1. The Bertz CT molecular complexity index is 239. The Morgan fingerprint density at radius 3 is 2.47 bits per heavy atom. The van der Waals surface area contributed by atoms with Crippen molar-refractivity contribution < 1.29 is 14.6 Å². The van der Waals surface area contributed by atoms with Gasteiger partial charge in [-0.2, -0.15) is 0 Å². The number of nitrogens with two attached hydrogens (primary N) is 1. The fourth-order valence-corrected chi connectivity index (χ4v) is 2.40. The number of nitrogens with zero attached hydrogens (tertiary/aromatic N) is 1. The van der Waals surface area contributed by atoms with Crippen LogP contribution in [-0.4, -0.2) is 54.4 Å². The Hall–Kier alpha value is -0.650. The first-order valence-electron chi connectivity index (χ1n) is 5.47. The molecule has 2 rings (SSSR count). The fourth-order valence-electron chi connectivity index (χ4n) is 2.40. The predicted molar refractivity (Wildman–Crippen MR) is 54.1 cm³/mol. The molecule has 3 N–H and O–H groups in total. The van der Waals surface area contributed by atoms with Gasteiger partial charge in [0.2, 0.25) is 5.91 Å². The van der Waals surface area contributed by atoms with Crippen LogP contribution in [0.2, 0.25) is 0 Å². The van der Waals surface area contributed by atoms with E-state index >= 15 is 0 Å². The van der Waals surface area contributed by atoms with Crippen molar-refractivity contribution >= 4 is 5.91 Å². The third kappa shape index (κ3) is 2.30. The van der Waals surface area contributed by atoms with Crippen LogP contribution < -0.4 is 5.73 Å². The molecule has 0 aromatic rings. The van der Waals surface area contributed by atoms with E-state index in [1.165, 1.54) is 0 Å². The molecule has 0 aromatic heterocycles. The highest BCUT2D eigenvalue weighted by Gasteiger charge is 2.34. The molecule has 0 unspecified atom stereocenters. The summed E-state index contributed by atoms with van der Waals surface area (Å²) >= 11 is 0. The van der Waals surface area contributed by atoms with Crippen LogP contribution in [0.1, 0.15) is 12.8 Å². The maximum absolute atomic E-state index is 11.0. The molecule has 0 aliphatic carbocycles. The van der Waals surface area contributed by atoms with E-state index in [9.17, 15) is 9.90 Å². The Labute approximate surface area is 89.2 Å². The predicted octanol–water partition coefficient (Wildman–Crippen LogP) is -1.06. The second-order valence-corrected chi connectivity index (χ2v) is 4.38. The summed E-state index contributed by atoms with van der Waals surface area (Å²) in [4.78, 5) is 13.2. The molecular weight excluding hydrogens is 196 g/mol. The molecule has 5 nitrogen and oxygen atoms in total. The van der Waals surface area contributed by atoms with E-state index in [1.807, 2.05) is 0 Å². The normalized spacial score (nSPS) is 34.5. The third-order valence-corrected chi connectivity index (χ3v) is 3.42. The summed E-state index contributed by atoms with van der Waals surface area (Å²) in [5.41, 5.74) is 5.26. The Morgan fingerprint density at radius 1 is 1.33 bits per heavy atom. The number of hydrogen-bond acceptors (Lipinski definition) is 4. The summed E-state index contributed by atoms with van der Waals surface area (Å²) in [7, 11) is 0. The minimum Gasteiger partial charge on any atom is -0.389 e. The molecule has 5 heteroatoms. The van der Waals surface area contributed by atoms with E-state index in [0.717, 1.165) is 25.9 Å². The molecule has 0 radical (unpaired) electrons. The standard InChI is InChI=1S/C10H18N2O3/c11-10(14)7-1-3-12(4-2-7)8-5-15-6-9(8)13/h7-9,13H,1-6H2,(H2,11,14)/t8-,9-/m1/s1. The zero-order valence-electron chi connectivity index (χ0n) is 8.76. The molecule has 0 spiro atoms. The van der Waals surface area contributed by atoms with Crippen molar-refractivity contribution in [2.24, 2.45) is 11.7 Å². The number of primary amides is 1. The third-order valence-electron chi connectivity index (χ3n) is 3.42. The number of hydrogen-bond donors (Lipinski definition) is 2. The SMILES string of the molecule is NC(=O)C1CCN([C@@H]2COC[C@H]2O)CC1. The molecule has 86 valence electrons. The van der Waals surface area contributed by atoms with Crippen LogP contribution in [0.5, 0.6) is 0 Å². The second-order valence-electron chi connectivity index (χ2n) is 4.38. The first-order chi connectivity index (χ1) is 7.18. The largest absolute Gasteiger partial charge is 0.389 e. The van der Waals surface area contributed by atoms with Gasteiger partial charge in [0.1, 0.15) is 0 Å². The summed E-state index contributed by atoms with van der Waals surface area (Å²) < 4.78 is 5.21. The summed E-state index contributed by atoms with van der Waals surface area (Å²) in [6, 6.07) is 0.110. The smallest absolute Gasteiger partial charge is 0.220 e. The first kappa shape index (κ1) is 10.9. The van der Waals surface area contributed by atoms with E-state index in [1.54, 1.807) is 0 Å². The minimum absolute atomic E-state index is 0.0146. The quantitative estimate of drug-likeness (QED) is 0.614. The summed E-state index contributed by atoms with van der Waals surface area (Å²) in [6.07, 6.45) is 1.23. The van der Waals surface area contributed by atoms with Gasteiger partial charge in [0, 0.05) is 5.92 Å². The van der Waals surface area contributed by atoms with E-state index in [0.29, 0.717) is 13.2 Å². The molecule has 1 amide bonds. The van der Waals surface area contributed by atoms with Crippen molar-refractivity contribution in [1.29, 1.82) is 0 Å². The molecule has 0 saturated carbocycles. The van der Waals surface area contributed by atoms with Gasteiger partial charge in [-0.25, -0.2) is 0 Å². The van der Waals surface area contributed by atoms with Gasteiger partial charge >= 0.3 is 0 Å². The molecule has 2 aliphatic heterocycles. The lowest BCUT2D eigenvalue weighted by Gasteiger charge is -2.35. The molecule has 0 aromatic carbocycles. The number of amides is 1. The van der Waals surface area contributed by atoms with E-state index in [-0.39, 0.29) is 24.0 Å². The number of likely N-dealkylation sites (tertiary alicyclic amines) is 1. The molecule has 15 heavy (non-hydrogen) atoms. The highest BCUT2D eigenvalue weighted by atomic mass is 16.5. The van der Waals surface area contributed by atoms with Gasteiger partial charge in [-0.05, 0) is 25.9 Å². The lowest BCUT2D eigenvalue weighted by molar-refractivity contribution is -0.123. The Kier molecular flexibility index (Phi) is 3.23. The number of carbonyl (C=O) groups is 1. The number of aliphatic hydroxyl groups excluding tert-OH is 1. The fraction of sp³-hybridized carbons (Fsp3) is 0.900. The maximum atomic E-state index is 11.0. The van der Waals surface area contributed by atoms with Crippen LogP contribution in [0.15, 0.2) is 0 Å². The molecular formula is C10H18N2O3. The Balaban J connectivity index is 1.85. The molecule has 2 atom stereocenters. The van der Waals surface area contributed by atoms with Crippen LogP contribution in [-0.2, 0) is 9.53 Å². The average molecular weight is 214 g/mol. The van der Waals surface area contributed by atoms with Crippen LogP contribution >= 0.6 is 0 Å². The first-order valence-corrected chi connectivity index (χ1v) is 5.47. The molecule has 2 heterocycles.